The van der Waals surface area contributed by atoms with E-state index in [-0.39, 0.29) is 17.8 Å². The molecular weight excluding hydrogens is 170 g/mol. The third-order valence-electron chi connectivity index (χ3n) is 1.65. The zero-order valence-electron chi connectivity index (χ0n) is 7.90. The number of carbonyl (C=O) groups is 1. The molecule has 1 amide bonds. The van der Waals surface area contributed by atoms with Crippen molar-refractivity contribution in [1.82, 2.24) is 20.3 Å². The Morgan fingerprint density at radius 3 is 2.69 bits per heavy atom. The molecule has 1 heterocycles. The Hall–Kier alpha value is -1.59. The Balaban J connectivity index is 3.16. The molecule has 0 bridgehead atoms. The van der Waals surface area contributed by atoms with Gasteiger partial charge in [-0.15, -0.1) is 5.10 Å². The standard InChI is InChI=1S/C7H13N5O/c1-4(2)12-5(7(13)9-3)6(8)10-11-12/h4H,8H2,1-3H3,(H,9,13). The maximum Gasteiger partial charge on any atom is 0.273 e. The van der Waals surface area contributed by atoms with Crippen molar-refractivity contribution in [2.24, 2.45) is 0 Å². The number of rotatable bonds is 2. The van der Waals surface area contributed by atoms with E-state index in [0.29, 0.717) is 5.69 Å². The second-order valence-electron chi connectivity index (χ2n) is 2.94. The van der Waals surface area contributed by atoms with Crippen molar-refractivity contribution < 1.29 is 4.79 Å². The summed E-state index contributed by atoms with van der Waals surface area (Å²) in [5, 5.41) is 9.89. The predicted octanol–water partition coefficient (Wildman–Crippen LogP) is -0.199. The summed E-state index contributed by atoms with van der Waals surface area (Å²) in [6.45, 7) is 3.81. The summed E-state index contributed by atoms with van der Waals surface area (Å²) in [5.41, 5.74) is 5.82. The van der Waals surface area contributed by atoms with Crippen LogP contribution in [-0.2, 0) is 0 Å². The highest BCUT2D eigenvalue weighted by molar-refractivity contribution is 5.96. The molecule has 6 heteroatoms. The van der Waals surface area contributed by atoms with Gasteiger partial charge in [0.05, 0.1) is 0 Å². The predicted molar refractivity (Wildman–Crippen MR) is 48.2 cm³/mol. The van der Waals surface area contributed by atoms with Crippen LogP contribution in [0.2, 0.25) is 0 Å². The fourth-order valence-corrected chi connectivity index (χ4v) is 1.01. The molecule has 3 N–H and O–H groups in total. The van der Waals surface area contributed by atoms with Gasteiger partial charge in [0.15, 0.2) is 11.5 Å². The number of nitrogens with one attached hydrogen (secondary N) is 1. The molecule has 0 saturated carbocycles. The lowest BCUT2D eigenvalue weighted by Gasteiger charge is -2.07. The minimum absolute atomic E-state index is 0.0668. The molecule has 0 radical (unpaired) electrons. The molecule has 0 atom stereocenters. The smallest absolute Gasteiger partial charge is 0.273 e. The van der Waals surface area contributed by atoms with Crippen LogP contribution in [0.5, 0.6) is 0 Å². The first-order valence-electron chi connectivity index (χ1n) is 4.00. The van der Waals surface area contributed by atoms with E-state index >= 15 is 0 Å². The maximum absolute atomic E-state index is 11.3. The van der Waals surface area contributed by atoms with Gasteiger partial charge in [-0.1, -0.05) is 5.21 Å². The van der Waals surface area contributed by atoms with E-state index in [4.69, 9.17) is 5.73 Å². The highest BCUT2D eigenvalue weighted by Gasteiger charge is 2.18. The fourth-order valence-electron chi connectivity index (χ4n) is 1.01. The van der Waals surface area contributed by atoms with Gasteiger partial charge < -0.3 is 11.1 Å². The largest absolute Gasteiger partial charge is 0.380 e. The van der Waals surface area contributed by atoms with Crippen LogP contribution in [0, 0.1) is 0 Å². The number of nitrogens with zero attached hydrogens (tertiary/aromatic N) is 3. The lowest BCUT2D eigenvalue weighted by atomic mass is 10.3. The molecule has 72 valence electrons. The summed E-state index contributed by atoms with van der Waals surface area (Å²) in [6.07, 6.45) is 0. The molecule has 0 fully saturated rings. The molecule has 0 unspecified atom stereocenters. The molecule has 0 aliphatic carbocycles. The summed E-state index contributed by atoms with van der Waals surface area (Å²) >= 11 is 0. The van der Waals surface area contributed by atoms with Crippen LogP contribution in [0.15, 0.2) is 0 Å². The molecule has 0 aromatic carbocycles. The number of hydrogen-bond acceptors (Lipinski definition) is 4. The maximum atomic E-state index is 11.3. The average molecular weight is 183 g/mol. The normalized spacial score (nSPS) is 10.5. The molecule has 0 spiro atoms. The van der Waals surface area contributed by atoms with Gasteiger partial charge >= 0.3 is 0 Å². The molecule has 1 aromatic heterocycles. The lowest BCUT2D eigenvalue weighted by molar-refractivity contribution is 0.0951. The zero-order valence-corrected chi connectivity index (χ0v) is 7.90. The molecule has 0 aliphatic heterocycles. The van der Waals surface area contributed by atoms with Crippen LogP contribution >= 0.6 is 0 Å². The van der Waals surface area contributed by atoms with Gasteiger partial charge in [0.2, 0.25) is 0 Å². The van der Waals surface area contributed by atoms with Crippen LogP contribution in [-0.4, -0.2) is 27.9 Å². The van der Waals surface area contributed by atoms with E-state index in [1.807, 2.05) is 13.8 Å². The Kier molecular flexibility index (Phi) is 2.50. The highest BCUT2D eigenvalue weighted by atomic mass is 16.2. The number of anilines is 1. The molecular formula is C7H13N5O. The van der Waals surface area contributed by atoms with Gasteiger partial charge in [-0.2, -0.15) is 0 Å². The minimum atomic E-state index is -0.267. The monoisotopic (exact) mass is 183 g/mol. The van der Waals surface area contributed by atoms with Crippen molar-refractivity contribution in [2.45, 2.75) is 19.9 Å². The van der Waals surface area contributed by atoms with Crippen LogP contribution in [0.25, 0.3) is 0 Å². The zero-order chi connectivity index (χ0) is 10.0. The van der Waals surface area contributed by atoms with Gasteiger partial charge in [0.1, 0.15) is 0 Å². The first-order valence-corrected chi connectivity index (χ1v) is 4.00. The number of nitrogen functional groups attached to an aromatic ring is 1. The SMILES string of the molecule is CNC(=O)c1c(N)nnn1C(C)C. The van der Waals surface area contributed by atoms with Crippen LogP contribution < -0.4 is 11.1 Å². The summed E-state index contributed by atoms with van der Waals surface area (Å²) in [4.78, 5) is 11.3. The Labute approximate surface area is 76.1 Å². The average Bonchev–Trinajstić information content (AvgIpc) is 2.46. The van der Waals surface area contributed by atoms with Crippen molar-refractivity contribution in [3.05, 3.63) is 5.69 Å². The third-order valence-corrected chi connectivity index (χ3v) is 1.65. The summed E-state index contributed by atoms with van der Waals surface area (Å²) in [6, 6.07) is 0.0668. The molecule has 1 rings (SSSR count). The fraction of sp³-hybridized carbons (Fsp3) is 0.571. The first kappa shape index (κ1) is 9.50. The second kappa shape index (κ2) is 3.42. The quantitative estimate of drug-likeness (QED) is 0.665. The van der Waals surface area contributed by atoms with Crippen LogP contribution in [0.1, 0.15) is 30.4 Å². The Morgan fingerprint density at radius 1 is 1.62 bits per heavy atom. The van der Waals surface area contributed by atoms with Crippen LogP contribution in [0.3, 0.4) is 0 Å². The molecule has 6 nitrogen and oxygen atoms in total. The van der Waals surface area contributed by atoms with E-state index in [1.54, 1.807) is 7.05 Å². The van der Waals surface area contributed by atoms with Gasteiger partial charge in [0.25, 0.3) is 5.91 Å². The number of aromatic nitrogens is 3. The third kappa shape index (κ3) is 1.61. The molecule has 1 aromatic rings. The van der Waals surface area contributed by atoms with Crippen molar-refractivity contribution in [3.8, 4) is 0 Å². The van der Waals surface area contributed by atoms with E-state index in [2.05, 4.69) is 15.6 Å². The molecule has 0 saturated heterocycles. The van der Waals surface area contributed by atoms with E-state index in [9.17, 15) is 4.79 Å². The number of amides is 1. The van der Waals surface area contributed by atoms with Crippen molar-refractivity contribution in [3.63, 3.8) is 0 Å². The minimum Gasteiger partial charge on any atom is -0.380 e. The van der Waals surface area contributed by atoms with E-state index < -0.39 is 0 Å². The number of nitrogens with two attached hydrogens (primary N) is 1. The summed E-state index contributed by atoms with van der Waals surface area (Å²) in [7, 11) is 1.54. The first-order chi connectivity index (χ1) is 6.07. The van der Waals surface area contributed by atoms with Gasteiger partial charge in [-0.05, 0) is 13.8 Å². The van der Waals surface area contributed by atoms with Crippen LogP contribution in [0.4, 0.5) is 5.82 Å². The Bertz CT molecular complexity index is 317. The van der Waals surface area contributed by atoms with Gasteiger partial charge in [-0.25, -0.2) is 4.68 Å². The second-order valence-corrected chi connectivity index (χ2v) is 2.94. The molecule has 0 aliphatic rings. The topological polar surface area (TPSA) is 85.8 Å². The van der Waals surface area contributed by atoms with E-state index in [0.717, 1.165) is 0 Å². The number of carbonyl (C=O) groups excluding carboxylic acids is 1. The summed E-state index contributed by atoms with van der Waals surface area (Å²) < 4.78 is 1.49. The van der Waals surface area contributed by atoms with Crippen molar-refractivity contribution >= 4 is 11.7 Å². The van der Waals surface area contributed by atoms with Crippen molar-refractivity contribution in [1.29, 1.82) is 0 Å². The van der Waals surface area contributed by atoms with Crippen molar-refractivity contribution in [2.75, 3.05) is 12.8 Å². The summed E-state index contributed by atoms with van der Waals surface area (Å²) in [5.74, 6) is -0.107. The highest BCUT2D eigenvalue weighted by Crippen LogP contribution is 2.12. The lowest BCUT2D eigenvalue weighted by Crippen LogP contribution is -2.24. The Morgan fingerprint density at radius 2 is 2.23 bits per heavy atom. The van der Waals surface area contributed by atoms with Gasteiger partial charge in [0, 0.05) is 13.1 Å². The van der Waals surface area contributed by atoms with E-state index in [1.165, 1.54) is 4.68 Å². The van der Waals surface area contributed by atoms with Gasteiger partial charge in [-0.3, -0.25) is 4.79 Å². The number of hydrogen-bond donors (Lipinski definition) is 2. The molecule has 13 heavy (non-hydrogen) atoms.